The molecule has 2 aromatic rings. The fourth-order valence-electron chi connectivity index (χ4n) is 2.38. The molecule has 1 saturated heterocycles. The van der Waals surface area contributed by atoms with Gasteiger partial charge < -0.3 is 5.32 Å². The second-order valence-electron chi connectivity index (χ2n) is 4.88. The van der Waals surface area contributed by atoms with E-state index >= 15 is 0 Å². The second kappa shape index (κ2) is 7.02. The zero-order chi connectivity index (χ0) is 13.1. The van der Waals surface area contributed by atoms with Gasteiger partial charge in [0, 0.05) is 17.6 Å². The summed E-state index contributed by atoms with van der Waals surface area (Å²) >= 11 is 5.87. The molecule has 1 aromatic heterocycles. The number of nitrogens with zero attached hydrogens (tertiary/aromatic N) is 2. The molecule has 0 saturated carbocycles. The molecule has 0 bridgehead atoms. The Kier molecular flexibility index (Phi) is 5.35. The van der Waals surface area contributed by atoms with E-state index in [0.717, 1.165) is 35.8 Å². The molecule has 3 nitrogen and oxygen atoms in total. The SMILES string of the molecule is Cl.Clc1ccc(Cc2cnc(C3CCCN3)cn2)cc1. The van der Waals surface area contributed by atoms with Gasteiger partial charge in [-0.05, 0) is 37.1 Å². The standard InChI is InChI=1S/C15H16ClN3.ClH/c16-12-5-3-11(4-6-12)8-13-9-19-15(10-18-13)14-2-1-7-17-14;/h3-6,9-10,14,17H,1-2,7-8H2;1H. The molecule has 5 heteroatoms. The zero-order valence-electron chi connectivity index (χ0n) is 11.1. The number of hydrogen-bond acceptors (Lipinski definition) is 3. The van der Waals surface area contributed by atoms with Crippen molar-refractivity contribution in [3.05, 3.63) is 58.6 Å². The number of rotatable bonds is 3. The van der Waals surface area contributed by atoms with Crippen LogP contribution in [-0.2, 0) is 6.42 Å². The van der Waals surface area contributed by atoms with Gasteiger partial charge in [0.2, 0.25) is 0 Å². The normalized spacial score (nSPS) is 17.8. The molecule has 2 heterocycles. The molecule has 1 fully saturated rings. The van der Waals surface area contributed by atoms with E-state index in [1.54, 1.807) is 0 Å². The van der Waals surface area contributed by atoms with Gasteiger partial charge in [0.25, 0.3) is 0 Å². The number of hydrogen-bond donors (Lipinski definition) is 1. The zero-order valence-corrected chi connectivity index (χ0v) is 12.6. The van der Waals surface area contributed by atoms with Crippen LogP contribution in [-0.4, -0.2) is 16.5 Å². The van der Waals surface area contributed by atoms with Gasteiger partial charge in [-0.3, -0.25) is 9.97 Å². The molecule has 0 aliphatic carbocycles. The van der Waals surface area contributed by atoms with Crippen molar-refractivity contribution < 1.29 is 0 Å². The summed E-state index contributed by atoms with van der Waals surface area (Å²) in [6.45, 7) is 1.08. The first-order valence-electron chi connectivity index (χ1n) is 6.60. The highest BCUT2D eigenvalue weighted by Crippen LogP contribution is 2.20. The number of benzene rings is 1. The van der Waals surface area contributed by atoms with Crippen LogP contribution < -0.4 is 5.32 Å². The van der Waals surface area contributed by atoms with Crippen molar-refractivity contribution in [1.29, 1.82) is 0 Å². The minimum atomic E-state index is 0. The topological polar surface area (TPSA) is 37.8 Å². The lowest BCUT2D eigenvalue weighted by Crippen LogP contribution is -2.14. The fourth-order valence-corrected chi connectivity index (χ4v) is 2.51. The predicted molar refractivity (Wildman–Crippen MR) is 83.5 cm³/mol. The summed E-state index contributed by atoms with van der Waals surface area (Å²) in [5.74, 6) is 0. The Balaban J connectivity index is 0.00000147. The third kappa shape index (κ3) is 3.69. The van der Waals surface area contributed by atoms with Gasteiger partial charge >= 0.3 is 0 Å². The molecule has 0 radical (unpaired) electrons. The summed E-state index contributed by atoms with van der Waals surface area (Å²) in [5.41, 5.74) is 3.24. The Morgan fingerprint density at radius 3 is 2.55 bits per heavy atom. The van der Waals surface area contributed by atoms with E-state index < -0.39 is 0 Å². The molecular formula is C15H17Cl2N3. The average Bonchev–Trinajstić information content (AvgIpc) is 2.96. The summed E-state index contributed by atoms with van der Waals surface area (Å²) in [4.78, 5) is 9.03. The van der Waals surface area contributed by atoms with Gasteiger partial charge in [-0.1, -0.05) is 23.7 Å². The van der Waals surface area contributed by atoms with E-state index in [2.05, 4.69) is 15.3 Å². The third-order valence-corrected chi connectivity index (χ3v) is 3.69. The van der Waals surface area contributed by atoms with Gasteiger partial charge in [0.15, 0.2) is 0 Å². The average molecular weight is 310 g/mol. The van der Waals surface area contributed by atoms with Crippen molar-refractivity contribution in [3.63, 3.8) is 0 Å². The molecule has 20 heavy (non-hydrogen) atoms. The van der Waals surface area contributed by atoms with Crippen LogP contribution in [0.25, 0.3) is 0 Å². The third-order valence-electron chi connectivity index (χ3n) is 3.44. The van der Waals surface area contributed by atoms with E-state index in [0.29, 0.717) is 6.04 Å². The van der Waals surface area contributed by atoms with Crippen molar-refractivity contribution >= 4 is 24.0 Å². The first-order chi connectivity index (χ1) is 9.31. The Labute approximate surface area is 130 Å². The summed E-state index contributed by atoms with van der Waals surface area (Å²) in [7, 11) is 0. The Hall–Kier alpha value is -1.16. The molecule has 0 amide bonds. The molecule has 1 aromatic carbocycles. The van der Waals surface area contributed by atoms with Crippen molar-refractivity contribution in [2.75, 3.05) is 6.54 Å². The molecule has 0 spiro atoms. The fraction of sp³-hybridized carbons (Fsp3) is 0.333. The minimum absolute atomic E-state index is 0. The van der Waals surface area contributed by atoms with E-state index in [1.165, 1.54) is 12.0 Å². The van der Waals surface area contributed by atoms with Gasteiger partial charge in [-0.2, -0.15) is 0 Å². The highest BCUT2D eigenvalue weighted by Gasteiger charge is 2.17. The maximum atomic E-state index is 5.87. The molecule has 1 N–H and O–H groups in total. The number of halogens is 2. The lowest BCUT2D eigenvalue weighted by Gasteiger charge is -2.09. The lowest BCUT2D eigenvalue weighted by atomic mass is 10.1. The van der Waals surface area contributed by atoms with E-state index in [9.17, 15) is 0 Å². The van der Waals surface area contributed by atoms with Crippen LogP contribution in [0, 0.1) is 0 Å². The molecule has 1 aliphatic heterocycles. The Bertz CT molecular complexity index is 534. The van der Waals surface area contributed by atoms with Crippen LogP contribution in [0.15, 0.2) is 36.7 Å². The monoisotopic (exact) mass is 309 g/mol. The van der Waals surface area contributed by atoms with Crippen molar-refractivity contribution in [3.8, 4) is 0 Å². The highest BCUT2D eigenvalue weighted by molar-refractivity contribution is 6.30. The summed E-state index contributed by atoms with van der Waals surface area (Å²) in [5, 5.41) is 4.19. The van der Waals surface area contributed by atoms with E-state index in [4.69, 9.17) is 11.6 Å². The maximum absolute atomic E-state index is 5.87. The van der Waals surface area contributed by atoms with Crippen LogP contribution in [0.1, 0.15) is 35.8 Å². The van der Waals surface area contributed by atoms with Gasteiger partial charge in [-0.25, -0.2) is 0 Å². The van der Waals surface area contributed by atoms with Crippen LogP contribution in [0.4, 0.5) is 0 Å². The number of nitrogens with one attached hydrogen (secondary N) is 1. The Morgan fingerprint density at radius 1 is 1.15 bits per heavy atom. The molecule has 1 atom stereocenters. The smallest absolute Gasteiger partial charge is 0.0756 e. The van der Waals surface area contributed by atoms with E-state index in [-0.39, 0.29) is 12.4 Å². The largest absolute Gasteiger partial charge is 0.309 e. The summed E-state index contributed by atoms with van der Waals surface area (Å²) < 4.78 is 0. The quantitative estimate of drug-likeness (QED) is 0.942. The van der Waals surface area contributed by atoms with Gasteiger partial charge in [0.05, 0.1) is 23.6 Å². The lowest BCUT2D eigenvalue weighted by molar-refractivity contribution is 0.622. The summed E-state index contributed by atoms with van der Waals surface area (Å²) in [6, 6.07) is 8.24. The predicted octanol–water partition coefficient (Wildman–Crippen LogP) is 3.57. The van der Waals surface area contributed by atoms with Crippen LogP contribution >= 0.6 is 24.0 Å². The molecule has 1 aliphatic rings. The first kappa shape index (κ1) is 15.2. The summed E-state index contributed by atoms with van der Waals surface area (Å²) in [6.07, 6.45) is 6.95. The van der Waals surface area contributed by atoms with Crippen LogP contribution in [0.5, 0.6) is 0 Å². The van der Waals surface area contributed by atoms with Crippen LogP contribution in [0.3, 0.4) is 0 Å². The minimum Gasteiger partial charge on any atom is -0.309 e. The molecule has 1 unspecified atom stereocenters. The highest BCUT2D eigenvalue weighted by atomic mass is 35.5. The molecule has 106 valence electrons. The van der Waals surface area contributed by atoms with Crippen molar-refractivity contribution in [2.45, 2.75) is 25.3 Å². The van der Waals surface area contributed by atoms with Gasteiger partial charge in [0.1, 0.15) is 0 Å². The van der Waals surface area contributed by atoms with Crippen LogP contribution in [0.2, 0.25) is 5.02 Å². The van der Waals surface area contributed by atoms with E-state index in [1.807, 2.05) is 36.7 Å². The Morgan fingerprint density at radius 2 is 1.95 bits per heavy atom. The molecule has 3 rings (SSSR count). The second-order valence-corrected chi connectivity index (χ2v) is 5.32. The molecular weight excluding hydrogens is 293 g/mol. The van der Waals surface area contributed by atoms with Crippen molar-refractivity contribution in [1.82, 2.24) is 15.3 Å². The first-order valence-corrected chi connectivity index (χ1v) is 6.98. The van der Waals surface area contributed by atoms with Gasteiger partial charge in [-0.15, -0.1) is 12.4 Å². The maximum Gasteiger partial charge on any atom is 0.0756 e. The van der Waals surface area contributed by atoms with Crippen molar-refractivity contribution in [2.24, 2.45) is 0 Å². The number of aromatic nitrogens is 2.